The maximum atomic E-state index is 13.7. The Morgan fingerprint density at radius 2 is 2.17 bits per heavy atom. The Hall–Kier alpha value is -2.46. The Morgan fingerprint density at radius 1 is 1.26 bits per heavy atom. The fourth-order valence-corrected chi connectivity index (χ4v) is 3.31. The molecule has 1 aliphatic rings. The van der Waals surface area contributed by atoms with E-state index in [1.165, 1.54) is 17.3 Å². The molecule has 4 rings (SSSR count). The highest BCUT2D eigenvalue weighted by Gasteiger charge is 2.21. The smallest absolute Gasteiger partial charge is 0.123 e. The molecule has 2 aromatic heterocycles. The van der Waals surface area contributed by atoms with Gasteiger partial charge >= 0.3 is 0 Å². The minimum atomic E-state index is -0.179. The summed E-state index contributed by atoms with van der Waals surface area (Å²) in [5.74, 6) is -0.179. The summed E-state index contributed by atoms with van der Waals surface area (Å²) in [6.07, 6.45) is 8.69. The molecule has 0 bridgehead atoms. The highest BCUT2D eigenvalue weighted by Crippen LogP contribution is 2.31. The van der Waals surface area contributed by atoms with Gasteiger partial charge in [0.15, 0.2) is 0 Å². The molecule has 0 atom stereocenters. The lowest BCUT2D eigenvalue weighted by molar-refractivity contribution is 0.312. The van der Waals surface area contributed by atoms with E-state index < -0.39 is 0 Å². The summed E-state index contributed by atoms with van der Waals surface area (Å²) in [5.41, 5.74) is 4.64. The first kappa shape index (κ1) is 14.2. The third kappa shape index (κ3) is 2.55. The van der Waals surface area contributed by atoms with E-state index in [1.807, 2.05) is 30.5 Å². The number of halogens is 1. The van der Waals surface area contributed by atoms with E-state index in [4.69, 9.17) is 0 Å². The molecule has 116 valence electrons. The third-order valence-corrected chi connectivity index (χ3v) is 4.44. The van der Waals surface area contributed by atoms with Gasteiger partial charge in [-0.2, -0.15) is 0 Å². The summed E-state index contributed by atoms with van der Waals surface area (Å²) in [6.45, 7) is 1.88. The van der Waals surface area contributed by atoms with Crippen LogP contribution in [0.2, 0.25) is 0 Å². The molecule has 0 saturated heterocycles. The predicted octanol–water partition coefficient (Wildman–Crippen LogP) is 3.79. The maximum Gasteiger partial charge on any atom is 0.123 e. The van der Waals surface area contributed by atoms with Crippen LogP contribution < -0.4 is 0 Å². The standard InChI is InChI=1S/C19H18FN3/c1-22-9-7-19-17(13-22)16-11-15(20)4-5-18(16)23(19)10-6-14-3-2-8-21-12-14/h2-6,8,10-12H,7,9,13H2,1H3/b10-6-. The van der Waals surface area contributed by atoms with Gasteiger partial charge in [-0.3, -0.25) is 4.98 Å². The van der Waals surface area contributed by atoms with Gasteiger partial charge < -0.3 is 9.47 Å². The van der Waals surface area contributed by atoms with Gasteiger partial charge in [-0.1, -0.05) is 6.07 Å². The van der Waals surface area contributed by atoms with Gasteiger partial charge in [0, 0.05) is 49.2 Å². The molecule has 3 aromatic rings. The lowest BCUT2D eigenvalue weighted by Crippen LogP contribution is -2.26. The summed E-state index contributed by atoms with van der Waals surface area (Å²) in [4.78, 5) is 6.42. The van der Waals surface area contributed by atoms with E-state index in [0.29, 0.717) is 0 Å². The molecule has 4 heteroatoms. The molecule has 1 aliphatic heterocycles. The Bertz CT molecular complexity index is 881. The average molecular weight is 307 g/mol. The molecule has 0 N–H and O–H groups in total. The van der Waals surface area contributed by atoms with Crippen LogP contribution in [0.4, 0.5) is 4.39 Å². The molecule has 0 saturated carbocycles. The van der Waals surface area contributed by atoms with Gasteiger partial charge in [-0.05, 0) is 48.5 Å². The molecule has 0 spiro atoms. The van der Waals surface area contributed by atoms with E-state index in [9.17, 15) is 4.39 Å². The average Bonchev–Trinajstić information content (AvgIpc) is 2.86. The predicted molar refractivity (Wildman–Crippen MR) is 91.4 cm³/mol. The summed E-state index contributed by atoms with van der Waals surface area (Å²) >= 11 is 0. The lowest BCUT2D eigenvalue weighted by Gasteiger charge is -2.23. The third-order valence-electron chi connectivity index (χ3n) is 4.44. The van der Waals surface area contributed by atoms with Crippen molar-refractivity contribution in [1.82, 2.24) is 14.5 Å². The monoisotopic (exact) mass is 307 g/mol. The van der Waals surface area contributed by atoms with Crippen molar-refractivity contribution in [3.63, 3.8) is 0 Å². The largest absolute Gasteiger partial charge is 0.320 e. The van der Waals surface area contributed by atoms with Crippen LogP contribution in [-0.4, -0.2) is 28.0 Å². The SMILES string of the molecule is CN1CCc2c(c3cc(F)ccc3n2/C=C\c2cccnc2)C1. The fourth-order valence-electron chi connectivity index (χ4n) is 3.31. The molecule has 23 heavy (non-hydrogen) atoms. The van der Waals surface area contributed by atoms with E-state index in [1.54, 1.807) is 12.3 Å². The van der Waals surface area contributed by atoms with E-state index in [-0.39, 0.29) is 5.82 Å². The highest BCUT2D eigenvalue weighted by molar-refractivity contribution is 5.88. The second kappa shape index (κ2) is 5.63. The number of aromatic nitrogens is 2. The fraction of sp³-hybridized carbons (Fsp3) is 0.211. The molecule has 3 nitrogen and oxygen atoms in total. The number of nitrogens with zero attached hydrogens (tertiary/aromatic N) is 3. The molecule has 0 fully saturated rings. The number of fused-ring (bicyclic) bond motifs is 3. The minimum Gasteiger partial charge on any atom is -0.320 e. The van der Waals surface area contributed by atoms with Gasteiger partial charge in [0.05, 0.1) is 5.52 Å². The van der Waals surface area contributed by atoms with Crippen LogP contribution in [0, 0.1) is 5.82 Å². The molecule has 0 radical (unpaired) electrons. The topological polar surface area (TPSA) is 21.1 Å². The molecule has 0 amide bonds. The number of pyridine rings is 1. The van der Waals surface area contributed by atoms with Crippen molar-refractivity contribution in [2.24, 2.45) is 0 Å². The van der Waals surface area contributed by atoms with Gasteiger partial charge in [-0.25, -0.2) is 4.39 Å². The van der Waals surface area contributed by atoms with Gasteiger partial charge in [0.1, 0.15) is 5.82 Å². The van der Waals surface area contributed by atoms with Crippen molar-refractivity contribution < 1.29 is 4.39 Å². The number of hydrogen-bond acceptors (Lipinski definition) is 2. The van der Waals surface area contributed by atoms with Crippen molar-refractivity contribution in [3.05, 3.63) is 65.4 Å². The van der Waals surface area contributed by atoms with Crippen molar-refractivity contribution in [3.8, 4) is 0 Å². The number of benzene rings is 1. The normalized spacial score (nSPS) is 15.4. The Labute approximate surface area is 134 Å². The Kier molecular flexibility index (Phi) is 3.46. The van der Waals surface area contributed by atoms with Crippen molar-refractivity contribution >= 4 is 23.2 Å². The number of likely N-dealkylation sites (N-methyl/N-ethyl adjacent to an activating group) is 1. The van der Waals surface area contributed by atoms with E-state index in [0.717, 1.165) is 36.0 Å². The van der Waals surface area contributed by atoms with Crippen LogP contribution in [0.3, 0.4) is 0 Å². The van der Waals surface area contributed by atoms with Crippen molar-refractivity contribution in [1.29, 1.82) is 0 Å². The van der Waals surface area contributed by atoms with E-state index >= 15 is 0 Å². The first-order valence-corrected chi connectivity index (χ1v) is 7.80. The number of hydrogen-bond donors (Lipinski definition) is 0. The zero-order valence-corrected chi connectivity index (χ0v) is 13.0. The first-order valence-electron chi connectivity index (χ1n) is 7.80. The van der Waals surface area contributed by atoms with Crippen molar-refractivity contribution in [2.45, 2.75) is 13.0 Å². The summed E-state index contributed by atoms with van der Waals surface area (Å²) in [6, 6.07) is 9.01. The van der Waals surface area contributed by atoms with Crippen LogP contribution in [0.5, 0.6) is 0 Å². The molecular weight excluding hydrogens is 289 g/mol. The lowest BCUT2D eigenvalue weighted by atomic mass is 10.1. The molecular formula is C19H18FN3. The Morgan fingerprint density at radius 3 is 3.00 bits per heavy atom. The second-order valence-corrected chi connectivity index (χ2v) is 6.05. The van der Waals surface area contributed by atoms with Crippen LogP contribution in [0.15, 0.2) is 42.7 Å². The van der Waals surface area contributed by atoms with E-state index in [2.05, 4.69) is 27.7 Å². The molecule has 1 aromatic carbocycles. The van der Waals surface area contributed by atoms with Gasteiger partial charge in [0.25, 0.3) is 0 Å². The Balaban J connectivity index is 1.87. The number of rotatable bonds is 2. The van der Waals surface area contributed by atoms with Crippen LogP contribution in [-0.2, 0) is 13.0 Å². The zero-order chi connectivity index (χ0) is 15.8. The van der Waals surface area contributed by atoms with Crippen LogP contribution in [0.25, 0.3) is 23.2 Å². The van der Waals surface area contributed by atoms with Gasteiger partial charge in [0.2, 0.25) is 0 Å². The maximum absolute atomic E-state index is 13.7. The van der Waals surface area contributed by atoms with Gasteiger partial charge in [-0.15, -0.1) is 0 Å². The zero-order valence-electron chi connectivity index (χ0n) is 13.0. The van der Waals surface area contributed by atoms with Crippen LogP contribution >= 0.6 is 0 Å². The quantitative estimate of drug-likeness (QED) is 0.718. The first-order chi connectivity index (χ1) is 11.2. The summed E-state index contributed by atoms with van der Waals surface area (Å²) in [5, 5.41) is 1.02. The van der Waals surface area contributed by atoms with Crippen molar-refractivity contribution in [2.75, 3.05) is 13.6 Å². The second-order valence-electron chi connectivity index (χ2n) is 6.05. The molecule has 0 unspecified atom stereocenters. The molecule has 0 aliphatic carbocycles. The molecule has 3 heterocycles. The summed E-state index contributed by atoms with van der Waals surface area (Å²) < 4.78 is 15.9. The van der Waals surface area contributed by atoms with Crippen LogP contribution in [0.1, 0.15) is 16.8 Å². The minimum absolute atomic E-state index is 0.179. The summed E-state index contributed by atoms with van der Waals surface area (Å²) in [7, 11) is 2.11. The highest BCUT2D eigenvalue weighted by atomic mass is 19.1.